The molecule has 0 spiro atoms. The molecule has 4 nitrogen and oxygen atoms in total. The van der Waals surface area contributed by atoms with Crippen LogP contribution in [0.15, 0.2) is 45.8 Å². The van der Waals surface area contributed by atoms with E-state index in [1.165, 1.54) is 4.90 Å². The van der Waals surface area contributed by atoms with Gasteiger partial charge in [0.2, 0.25) is 0 Å². The van der Waals surface area contributed by atoms with Crippen molar-refractivity contribution in [2.45, 2.75) is 6.54 Å². The van der Waals surface area contributed by atoms with Crippen LogP contribution in [0.2, 0.25) is 0 Å². The van der Waals surface area contributed by atoms with Crippen molar-refractivity contribution in [1.82, 2.24) is 4.90 Å². The number of phenolic OH excluding ortho intramolecular Hbond substituents is 1. The number of halogens is 3. The average Bonchev–Trinajstić information content (AvgIpc) is 2.82. The number of rotatable bonds is 3. The molecule has 1 heterocycles. The molecule has 128 valence electrons. The average molecular weight is 642 g/mol. The van der Waals surface area contributed by atoms with Crippen molar-refractivity contribution >= 4 is 90.1 Å². The van der Waals surface area contributed by atoms with Gasteiger partial charge in [0.05, 0.1) is 18.6 Å². The van der Waals surface area contributed by atoms with Crippen LogP contribution in [0.25, 0.3) is 6.08 Å². The molecular weight excluding hydrogens is 632 g/mol. The molecule has 0 radical (unpaired) electrons. The van der Waals surface area contributed by atoms with Crippen molar-refractivity contribution in [2.24, 2.45) is 0 Å². The number of hydrogen-bond acceptors (Lipinski definition) is 4. The summed E-state index contributed by atoms with van der Waals surface area (Å²) < 4.78 is 2.34. The first kappa shape index (κ1) is 19.2. The van der Waals surface area contributed by atoms with Gasteiger partial charge in [0, 0.05) is 4.47 Å². The summed E-state index contributed by atoms with van der Waals surface area (Å²) in [7, 11) is 0. The number of thioether (sulfide) groups is 1. The number of imide groups is 1. The predicted molar refractivity (Wildman–Crippen MR) is 119 cm³/mol. The van der Waals surface area contributed by atoms with Crippen LogP contribution in [0.3, 0.4) is 0 Å². The van der Waals surface area contributed by atoms with Gasteiger partial charge in [-0.2, -0.15) is 0 Å². The highest BCUT2D eigenvalue weighted by Gasteiger charge is 2.35. The van der Waals surface area contributed by atoms with Gasteiger partial charge in [-0.1, -0.05) is 28.1 Å². The summed E-state index contributed by atoms with van der Waals surface area (Å²) >= 11 is 8.37. The number of phenols is 1. The van der Waals surface area contributed by atoms with E-state index in [4.69, 9.17) is 0 Å². The summed E-state index contributed by atoms with van der Waals surface area (Å²) in [6.07, 6.45) is 1.69. The molecule has 2 aromatic carbocycles. The van der Waals surface area contributed by atoms with E-state index in [9.17, 15) is 14.7 Å². The molecule has 1 aliphatic heterocycles. The largest absolute Gasteiger partial charge is 0.506 e. The number of carbonyl (C=O) groups excluding carboxylic acids is 2. The zero-order valence-corrected chi connectivity index (χ0v) is 19.2. The van der Waals surface area contributed by atoms with Gasteiger partial charge in [-0.05, 0) is 98.4 Å². The Morgan fingerprint density at radius 1 is 1.12 bits per heavy atom. The summed E-state index contributed by atoms with van der Waals surface area (Å²) in [6, 6.07) is 11.1. The van der Waals surface area contributed by atoms with Gasteiger partial charge in [-0.3, -0.25) is 14.5 Å². The molecule has 2 amide bonds. The molecule has 3 rings (SSSR count). The van der Waals surface area contributed by atoms with Crippen LogP contribution >= 0.6 is 72.9 Å². The van der Waals surface area contributed by atoms with Crippen molar-refractivity contribution in [3.8, 4) is 5.75 Å². The maximum Gasteiger partial charge on any atom is 0.293 e. The molecule has 1 fully saturated rings. The van der Waals surface area contributed by atoms with Crippen LogP contribution in [0.5, 0.6) is 5.75 Å². The molecule has 8 heteroatoms. The molecule has 0 saturated carbocycles. The van der Waals surface area contributed by atoms with Gasteiger partial charge in [0.15, 0.2) is 0 Å². The molecule has 1 saturated heterocycles. The Bertz CT molecular complexity index is 876. The summed E-state index contributed by atoms with van der Waals surface area (Å²) in [6.45, 7) is 0.250. The van der Waals surface area contributed by atoms with Gasteiger partial charge in [-0.15, -0.1) is 0 Å². The molecule has 1 N–H and O–H groups in total. The first-order valence-electron chi connectivity index (χ1n) is 7.03. The number of amides is 2. The van der Waals surface area contributed by atoms with Crippen LogP contribution in [0.4, 0.5) is 4.79 Å². The zero-order chi connectivity index (χ0) is 18.1. The molecule has 0 aromatic heterocycles. The number of hydrogen-bond donors (Lipinski definition) is 1. The molecule has 0 unspecified atom stereocenters. The Labute approximate surface area is 184 Å². The van der Waals surface area contributed by atoms with Crippen molar-refractivity contribution in [1.29, 1.82) is 0 Å². The smallest absolute Gasteiger partial charge is 0.293 e. The molecule has 0 aliphatic carbocycles. The normalized spacial score (nSPS) is 16.1. The second kappa shape index (κ2) is 7.97. The molecule has 0 atom stereocenters. The second-order valence-corrected chi connectivity index (χ2v) is 9.46. The lowest BCUT2D eigenvalue weighted by molar-refractivity contribution is -0.123. The van der Waals surface area contributed by atoms with Gasteiger partial charge in [0.25, 0.3) is 11.1 Å². The first-order chi connectivity index (χ1) is 11.8. The fourth-order valence-electron chi connectivity index (χ4n) is 2.23. The van der Waals surface area contributed by atoms with Crippen LogP contribution in [0, 0.1) is 7.14 Å². The monoisotopic (exact) mass is 641 g/mol. The Kier molecular flexibility index (Phi) is 6.11. The fourth-order valence-corrected chi connectivity index (χ4v) is 5.15. The van der Waals surface area contributed by atoms with E-state index in [0.717, 1.165) is 27.4 Å². The topological polar surface area (TPSA) is 57.6 Å². The van der Waals surface area contributed by atoms with Crippen LogP contribution in [-0.4, -0.2) is 21.2 Å². The van der Waals surface area contributed by atoms with E-state index in [1.807, 2.05) is 69.4 Å². The van der Waals surface area contributed by atoms with E-state index in [1.54, 1.807) is 18.2 Å². The molecular formula is C17H10BrI2NO3S. The second-order valence-electron chi connectivity index (χ2n) is 5.23. The van der Waals surface area contributed by atoms with Gasteiger partial charge >= 0.3 is 0 Å². The minimum absolute atomic E-state index is 0.224. The van der Waals surface area contributed by atoms with Gasteiger partial charge < -0.3 is 5.11 Å². The first-order valence-corrected chi connectivity index (χ1v) is 10.8. The third kappa shape index (κ3) is 4.40. The zero-order valence-electron chi connectivity index (χ0n) is 12.5. The lowest BCUT2D eigenvalue weighted by Crippen LogP contribution is -2.27. The number of aromatic hydroxyl groups is 1. The minimum atomic E-state index is -0.295. The fraction of sp³-hybridized carbons (Fsp3) is 0.0588. The third-order valence-corrected chi connectivity index (χ3v) is 6.55. The predicted octanol–water partition coefficient (Wildman–Crippen LogP) is 5.60. The van der Waals surface area contributed by atoms with E-state index < -0.39 is 0 Å². The summed E-state index contributed by atoms with van der Waals surface area (Å²) in [5.74, 6) is -0.0716. The van der Waals surface area contributed by atoms with E-state index in [2.05, 4.69) is 15.9 Å². The number of nitrogens with zero attached hydrogens (tertiary/aromatic N) is 1. The Balaban J connectivity index is 1.84. The van der Waals surface area contributed by atoms with E-state index in [0.29, 0.717) is 12.0 Å². The van der Waals surface area contributed by atoms with Crippen molar-refractivity contribution < 1.29 is 14.7 Å². The van der Waals surface area contributed by atoms with Gasteiger partial charge in [-0.25, -0.2) is 0 Å². The Morgan fingerprint density at radius 3 is 2.32 bits per heavy atom. The van der Waals surface area contributed by atoms with E-state index in [-0.39, 0.29) is 23.4 Å². The summed E-state index contributed by atoms with van der Waals surface area (Å²) in [5.41, 5.74) is 1.67. The highest BCUT2D eigenvalue weighted by molar-refractivity contribution is 14.1. The maximum absolute atomic E-state index is 12.6. The SMILES string of the molecule is O=C1S/C(=C\c2cc(I)c(O)c(I)c2)C(=O)N1Cc1ccc(Br)cc1. The Morgan fingerprint density at radius 2 is 1.72 bits per heavy atom. The molecule has 25 heavy (non-hydrogen) atoms. The van der Waals surface area contributed by atoms with E-state index >= 15 is 0 Å². The number of carbonyl (C=O) groups is 2. The van der Waals surface area contributed by atoms with Crippen LogP contribution < -0.4 is 0 Å². The Hall–Kier alpha value is -0.590. The third-order valence-electron chi connectivity index (χ3n) is 3.46. The quantitative estimate of drug-likeness (QED) is 0.350. The molecule has 1 aliphatic rings. The molecule has 2 aromatic rings. The number of benzene rings is 2. The van der Waals surface area contributed by atoms with Crippen molar-refractivity contribution in [2.75, 3.05) is 0 Å². The lowest BCUT2D eigenvalue weighted by Gasteiger charge is -2.12. The highest BCUT2D eigenvalue weighted by atomic mass is 127. The minimum Gasteiger partial charge on any atom is -0.506 e. The van der Waals surface area contributed by atoms with Crippen LogP contribution in [-0.2, 0) is 11.3 Å². The van der Waals surface area contributed by atoms with Gasteiger partial charge in [0.1, 0.15) is 5.75 Å². The van der Waals surface area contributed by atoms with Crippen LogP contribution in [0.1, 0.15) is 11.1 Å². The summed E-state index contributed by atoms with van der Waals surface area (Å²) in [5, 5.41) is 9.56. The van der Waals surface area contributed by atoms with Crippen molar-refractivity contribution in [3.05, 3.63) is 64.0 Å². The summed E-state index contributed by atoms with van der Waals surface area (Å²) in [4.78, 5) is 26.4. The molecule has 0 bridgehead atoms. The lowest BCUT2D eigenvalue weighted by atomic mass is 10.2. The van der Waals surface area contributed by atoms with Crippen molar-refractivity contribution in [3.63, 3.8) is 0 Å². The standard InChI is InChI=1S/C17H10BrI2NO3S/c18-11-3-1-9(2-4-11)8-21-16(23)14(25-17(21)24)7-10-5-12(19)15(22)13(20)6-10/h1-7,22H,8H2/b14-7-. The maximum atomic E-state index is 12.6. The highest BCUT2D eigenvalue weighted by Crippen LogP contribution is 2.35.